The first-order chi connectivity index (χ1) is 11.0. The third-order valence-electron chi connectivity index (χ3n) is 4.63. The van der Waals surface area contributed by atoms with Crippen LogP contribution in [0.25, 0.3) is 0 Å². The van der Waals surface area contributed by atoms with Crippen LogP contribution < -0.4 is 0 Å². The molecule has 0 spiro atoms. The monoisotopic (exact) mass is 338 g/mol. The molecule has 1 atom stereocenters. The predicted octanol–water partition coefficient (Wildman–Crippen LogP) is 2.29. The lowest BCUT2D eigenvalue weighted by Gasteiger charge is -2.33. The quantitative estimate of drug-likeness (QED) is 0.765. The largest absolute Gasteiger partial charge is 0.342 e. The van der Waals surface area contributed by atoms with Gasteiger partial charge in [-0.3, -0.25) is 4.79 Å². The van der Waals surface area contributed by atoms with Crippen molar-refractivity contribution in [2.75, 3.05) is 40.0 Å². The van der Waals surface area contributed by atoms with Crippen LogP contribution in [0.2, 0.25) is 0 Å². The highest BCUT2D eigenvalue weighted by Crippen LogP contribution is 2.28. The van der Waals surface area contributed by atoms with Crippen molar-refractivity contribution in [2.45, 2.75) is 43.9 Å². The van der Waals surface area contributed by atoms with E-state index in [1.54, 1.807) is 11.8 Å². The summed E-state index contributed by atoms with van der Waals surface area (Å²) in [6.07, 6.45) is 9.20. The lowest BCUT2D eigenvalue weighted by atomic mass is 9.95. The molecule has 0 aliphatic carbocycles. The number of piperidine rings is 1. The maximum atomic E-state index is 12.3. The molecule has 1 aromatic rings. The van der Waals surface area contributed by atoms with Gasteiger partial charge >= 0.3 is 0 Å². The van der Waals surface area contributed by atoms with Gasteiger partial charge in [-0.25, -0.2) is 4.98 Å². The van der Waals surface area contributed by atoms with Gasteiger partial charge in [-0.15, -0.1) is 0 Å². The van der Waals surface area contributed by atoms with Crippen molar-refractivity contribution in [2.24, 2.45) is 0 Å². The molecule has 6 heteroatoms. The van der Waals surface area contributed by atoms with Gasteiger partial charge in [-0.2, -0.15) is 11.8 Å². The molecule has 5 nitrogen and oxygen atoms in total. The minimum atomic E-state index is 0.0690. The van der Waals surface area contributed by atoms with E-state index in [4.69, 9.17) is 0 Å². The zero-order chi connectivity index (χ0) is 16.8. The zero-order valence-electron chi connectivity index (χ0n) is 14.9. The Balaban J connectivity index is 1.88. The van der Waals surface area contributed by atoms with E-state index in [0.717, 1.165) is 45.4 Å². The van der Waals surface area contributed by atoms with Gasteiger partial charge in [0.1, 0.15) is 5.82 Å². The number of imidazole rings is 1. The van der Waals surface area contributed by atoms with Crippen molar-refractivity contribution >= 4 is 17.7 Å². The number of hydrogen-bond donors (Lipinski definition) is 0. The molecular weight excluding hydrogens is 308 g/mol. The summed E-state index contributed by atoms with van der Waals surface area (Å²) in [5.74, 6) is 1.97. The van der Waals surface area contributed by atoms with E-state index in [1.165, 1.54) is 5.82 Å². The molecule has 0 radical (unpaired) electrons. The van der Waals surface area contributed by atoms with Gasteiger partial charge in [0.15, 0.2) is 0 Å². The molecule has 0 aromatic carbocycles. The van der Waals surface area contributed by atoms with E-state index < -0.39 is 0 Å². The first kappa shape index (κ1) is 18.3. The van der Waals surface area contributed by atoms with Crippen molar-refractivity contribution in [1.82, 2.24) is 19.4 Å². The Hall–Kier alpha value is -1.01. The number of carbonyl (C=O) groups excluding carboxylic acids is 1. The Labute approximate surface area is 144 Å². The molecule has 23 heavy (non-hydrogen) atoms. The second-order valence-corrected chi connectivity index (χ2v) is 7.79. The molecule has 0 bridgehead atoms. The van der Waals surface area contributed by atoms with Gasteiger partial charge in [0.25, 0.3) is 0 Å². The highest BCUT2D eigenvalue weighted by molar-refractivity contribution is 7.99. The Morgan fingerprint density at radius 2 is 2.13 bits per heavy atom. The number of amides is 1. The summed E-state index contributed by atoms with van der Waals surface area (Å²) in [6.45, 7) is 5.84. The molecule has 1 amide bonds. The number of carbonyl (C=O) groups is 1. The zero-order valence-corrected chi connectivity index (χ0v) is 15.7. The van der Waals surface area contributed by atoms with Gasteiger partial charge in [0.2, 0.25) is 5.91 Å². The summed E-state index contributed by atoms with van der Waals surface area (Å²) in [5, 5.41) is 0.0690. The molecule has 1 fully saturated rings. The molecule has 1 aromatic heterocycles. The SMILES string of the molecule is CS[C@@H](C)C(=O)N1CCC(c2nccn2CCCN(C)C)CC1. The number of thioether (sulfide) groups is 1. The summed E-state index contributed by atoms with van der Waals surface area (Å²) in [4.78, 5) is 21.1. The third-order valence-corrected chi connectivity index (χ3v) is 5.53. The Bertz CT molecular complexity index is 495. The topological polar surface area (TPSA) is 41.4 Å². The summed E-state index contributed by atoms with van der Waals surface area (Å²) in [7, 11) is 4.22. The molecule has 2 heterocycles. The van der Waals surface area contributed by atoms with E-state index in [9.17, 15) is 4.79 Å². The molecule has 130 valence electrons. The van der Waals surface area contributed by atoms with Gasteiger partial charge in [-0.05, 0) is 53.1 Å². The average molecular weight is 339 g/mol. The first-order valence-electron chi connectivity index (χ1n) is 8.50. The van der Waals surface area contributed by atoms with Gasteiger partial charge in [0, 0.05) is 37.9 Å². The molecule has 1 aliphatic rings. The molecule has 1 saturated heterocycles. The van der Waals surface area contributed by atoms with Crippen molar-refractivity contribution in [3.05, 3.63) is 18.2 Å². The Morgan fingerprint density at radius 3 is 2.74 bits per heavy atom. The minimum Gasteiger partial charge on any atom is -0.342 e. The van der Waals surface area contributed by atoms with Crippen LogP contribution in [-0.4, -0.2) is 70.5 Å². The van der Waals surface area contributed by atoms with Crippen molar-refractivity contribution < 1.29 is 4.79 Å². The number of aromatic nitrogens is 2. The highest BCUT2D eigenvalue weighted by atomic mass is 32.2. The Morgan fingerprint density at radius 1 is 1.43 bits per heavy atom. The summed E-state index contributed by atoms with van der Waals surface area (Å²) in [5.41, 5.74) is 0. The van der Waals surface area contributed by atoms with Gasteiger partial charge in [0.05, 0.1) is 5.25 Å². The smallest absolute Gasteiger partial charge is 0.235 e. The minimum absolute atomic E-state index is 0.0690. The van der Waals surface area contributed by atoms with Crippen molar-refractivity contribution in [3.8, 4) is 0 Å². The lowest BCUT2D eigenvalue weighted by molar-refractivity contribution is -0.131. The van der Waals surface area contributed by atoms with E-state index in [-0.39, 0.29) is 11.2 Å². The van der Waals surface area contributed by atoms with Crippen LogP contribution in [0.1, 0.15) is 37.9 Å². The number of hydrogen-bond acceptors (Lipinski definition) is 4. The van der Waals surface area contributed by atoms with E-state index in [1.807, 2.05) is 24.3 Å². The van der Waals surface area contributed by atoms with Crippen LogP contribution in [0.15, 0.2) is 12.4 Å². The van der Waals surface area contributed by atoms with E-state index >= 15 is 0 Å². The number of nitrogens with zero attached hydrogens (tertiary/aromatic N) is 4. The van der Waals surface area contributed by atoms with Gasteiger partial charge < -0.3 is 14.4 Å². The number of aryl methyl sites for hydroxylation is 1. The second-order valence-electron chi connectivity index (χ2n) is 6.61. The Kier molecular flexibility index (Phi) is 6.96. The number of rotatable bonds is 7. The fourth-order valence-electron chi connectivity index (χ4n) is 3.14. The normalized spacial score (nSPS) is 17.7. The summed E-state index contributed by atoms with van der Waals surface area (Å²) in [6, 6.07) is 0. The van der Waals surface area contributed by atoms with Crippen LogP contribution in [0.3, 0.4) is 0 Å². The third kappa shape index (κ3) is 4.98. The summed E-state index contributed by atoms with van der Waals surface area (Å²) >= 11 is 1.63. The van der Waals surface area contributed by atoms with Crippen LogP contribution in [0, 0.1) is 0 Å². The predicted molar refractivity (Wildman–Crippen MR) is 96.9 cm³/mol. The van der Waals surface area contributed by atoms with Crippen LogP contribution in [0.4, 0.5) is 0 Å². The maximum absolute atomic E-state index is 12.3. The maximum Gasteiger partial charge on any atom is 0.235 e. The van der Waals surface area contributed by atoms with E-state index in [2.05, 4.69) is 34.7 Å². The van der Waals surface area contributed by atoms with Crippen LogP contribution in [0.5, 0.6) is 0 Å². The van der Waals surface area contributed by atoms with Crippen molar-refractivity contribution in [3.63, 3.8) is 0 Å². The average Bonchev–Trinajstić information content (AvgIpc) is 3.01. The fourth-order valence-corrected chi connectivity index (χ4v) is 3.49. The molecule has 0 saturated carbocycles. The molecule has 0 N–H and O–H groups in total. The second kappa shape index (κ2) is 8.73. The lowest BCUT2D eigenvalue weighted by Crippen LogP contribution is -2.42. The highest BCUT2D eigenvalue weighted by Gasteiger charge is 2.28. The van der Waals surface area contributed by atoms with E-state index in [0.29, 0.717) is 5.92 Å². The molecule has 1 aliphatic heterocycles. The van der Waals surface area contributed by atoms with Gasteiger partial charge in [-0.1, -0.05) is 0 Å². The van der Waals surface area contributed by atoms with Crippen LogP contribution >= 0.6 is 11.8 Å². The summed E-state index contributed by atoms with van der Waals surface area (Å²) < 4.78 is 2.30. The standard InChI is InChI=1S/C17H30N4OS/c1-14(23-4)17(22)21-11-6-15(7-12-21)16-18-8-13-20(16)10-5-9-19(2)3/h8,13-15H,5-7,9-12H2,1-4H3/t14-/m0/s1. The van der Waals surface area contributed by atoms with Crippen LogP contribution in [-0.2, 0) is 11.3 Å². The molecule has 2 rings (SSSR count). The molecule has 0 unspecified atom stereocenters. The van der Waals surface area contributed by atoms with Crippen molar-refractivity contribution in [1.29, 1.82) is 0 Å². The number of likely N-dealkylation sites (tertiary alicyclic amines) is 1. The molecular formula is C17H30N4OS. The first-order valence-corrected chi connectivity index (χ1v) is 9.79. The fraction of sp³-hybridized carbons (Fsp3) is 0.765.